The highest BCUT2D eigenvalue weighted by Crippen LogP contribution is 2.33. The number of rotatable bonds is 5. The van der Waals surface area contributed by atoms with Crippen LogP contribution in [-0.4, -0.2) is 33.1 Å². The predicted molar refractivity (Wildman–Crippen MR) is 67.8 cm³/mol. The summed E-state index contributed by atoms with van der Waals surface area (Å²) < 4.78 is 37.8. The van der Waals surface area contributed by atoms with Crippen LogP contribution in [0.25, 0.3) is 0 Å². The summed E-state index contributed by atoms with van der Waals surface area (Å²) in [6.07, 6.45) is -7.77. The number of aliphatic hydroxyl groups is 2. The third kappa shape index (κ3) is 3.87. The fourth-order valence-corrected chi connectivity index (χ4v) is 1.94. The van der Waals surface area contributed by atoms with Gasteiger partial charge in [-0.15, -0.1) is 0 Å². The van der Waals surface area contributed by atoms with Gasteiger partial charge in [-0.2, -0.15) is 25.8 Å². The first-order valence-electron chi connectivity index (χ1n) is 5.60. The van der Waals surface area contributed by atoms with E-state index >= 15 is 0 Å². The molecular formula is C12H13F3O4S. The third-order valence-electron chi connectivity index (χ3n) is 2.72. The number of alkyl halides is 3. The monoisotopic (exact) mass is 310 g/mol. The molecule has 2 unspecified atom stereocenters. The summed E-state index contributed by atoms with van der Waals surface area (Å²) >= 11 is 3.83. The van der Waals surface area contributed by atoms with E-state index in [9.17, 15) is 28.2 Å². The van der Waals surface area contributed by atoms with Crippen molar-refractivity contribution < 1.29 is 33.3 Å². The summed E-state index contributed by atoms with van der Waals surface area (Å²) in [5, 5.41) is 28.4. The Labute approximate surface area is 118 Å². The number of aromatic carboxylic acids is 1. The van der Waals surface area contributed by atoms with Crippen LogP contribution in [0.2, 0.25) is 0 Å². The van der Waals surface area contributed by atoms with Gasteiger partial charge in [-0.05, 0) is 35.9 Å². The Kier molecular flexibility index (Phi) is 5.43. The fraction of sp³-hybridized carbons (Fsp3) is 0.417. The second kappa shape index (κ2) is 6.47. The van der Waals surface area contributed by atoms with Gasteiger partial charge in [0.25, 0.3) is 0 Å². The second-order valence-electron chi connectivity index (χ2n) is 4.13. The minimum absolute atomic E-state index is 0.0135. The Bertz CT molecular complexity index is 490. The zero-order valence-corrected chi connectivity index (χ0v) is 11.0. The van der Waals surface area contributed by atoms with Crippen LogP contribution < -0.4 is 0 Å². The highest BCUT2D eigenvalue weighted by molar-refractivity contribution is 7.80. The zero-order chi connectivity index (χ0) is 15.5. The zero-order valence-electron chi connectivity index (χ0n) is 10.1. The molecular weight excluding hydrogens is 297 g/mol. The number of hydrogen-bond donors (Lipinski definition) is 4. The highest BCUT2D eigenvalue weighted by atomic mass is 32.1. The molecule has 0 bridgehead atoms. The maximum absolute atomic E-state index is 12.6. The first kappa shape index (κ1) is 16.8. The van der Waals surface area contributed by atoms with E-state index in [1.165, 1.54) is 0 Å². The summed E-state index contributed by atoms with van der Waals surface area (Å²) in [5.41, 5.74) is -2.04. The van der Waals surface area contributed by atoms with Crippen LogP contribution in [0.1, 0.15) is 34.0 Å². The van der Waals surface area contributed by atoms with Crippen LogP contribution in [-0.2, 0) is 6.18 Å². The first-order valence-corrected chi connectivity index (χ1v) is 6.23. The Balaban J connectivity index is 3.28. The number of aliphatic hydroxyl groups excluding tert-OH is 2. The topological polar surface area (TPSA) is 77.8 Å². The van der Waals surface area contributed by atoms with E-state index in [4.69, 9.17) is 5.11 Å². The van der Waals surface area contributed by atoms with E-state index in [-0.39, 0.29) is 12.2 Å². The quantitative estimate of drug-likeness (QED) is 0.628. The van der Waals surface area contributed by atoms with Gasteiger partial charge in [-0.25, -0.2) is 4.79 Å². The van der Waals surface area contributed by atoms with E-state index in [1.807, 2.05) is 0 Å². The van der Waals surface area contributed by atoms with Gasteiger partial charge in [0.05, 0.1) is 17.2 Å². The number of carboxylic acids is 1. The van der Waals surface area contributed by atoms with Crippen molar-refractivity contribution in [1.29, 1.82) is 0 Å². The van der Waals surface area contributed by atoms with E-state index < -0.39 is 41.0 Å². The second-order valence-corrected chi connectivity index (χ2v) is 4.58. The van der Waals surface area contributed by atoms with Crippen LogP contribution in [0.3, 0.4) is 0 Å². The summed E-state index contributed by atoms with van der Waals surface area (Å²) in [6.45, 7) is 0. The molecule has 0 radical (unpaired) electrons. The Morgan fingerprint density at radius 2 is 1.90 bits per heavy atom. The molecule has 4 nitrogen and oxygen atoms in total. The summed E-state index contributed by atoms with van der Waals surface area (Å²) in [4.78, 5) is 11.0. The molecule has 112 valence electrons. The predicted octanol–water partition coefficient (Wildman–Crippen LogP) is 2.12. The number of carbonyl (C=O) groups is 1. The molecule has 3 N–H and O–H groups in total. The SMILES string of the molecule is O=C(O)c1ccc(C(F)(F)F)cc1C(O)C(O)CCS. The molecule has 0 aromatic heterocycles. The Morgan fingerprint density at radius 3 is 2.35 bits per heavy atom. The van der Waals surface area contributed by atoms with Gasteiger partial charge in [0.15, 0.2) is 0 Å². The van der Waals surface area contributed by atoms with Crippen molar-refractivity contribution in [3.63, 3.8) is 0 Å². The number of hydrogen-bond acceptors (Lipinski definition) is 4. The lowest BCUT2D eigenvalue weighted by atomic mass is 9.95. The molecule has 1 rings (SSSR count). The average molecular weight is 310 g/mol. The van der Waals surface area contributed by atoms with Gasteiger partial charge in [-0.3, -0.25) is 0 Å². The number of carboxylic acid groups (broad SMARTS) is 1. The Hall–Kier alpha value is -1.25. The largest absolute Gasteiger partial charge is 0.478 e. The van der Waals surface area contributed by atoms with Crippen molar-refractivity contribution in [2.24, 2.45) is 0 Å². The first-order chi connectivity index (χ1) is 9.18. The fourth-order valence-electron chi connectivity index (χ4n) is 1.68. The van der Waals surface area contributed by atoms with Crippen LogP contribution in [0.5, 0.6) is 0 Å². The van der Waals surface area contributed by atoms with Gasteiger partial charge in [0, 0.05) is 0 Å². The molecule has 8 heteroatoms. The smallest absolute Gasteiger partial charge is 0.416 e. The van der Waals surface area contributed by atoms with Crippen molar-refractivity contribution in [2.75, 3.05) is 5.75 Å². The lowest BCUT2D eigenvalue weighted by Crippen LogP contribution is -2.22. The minimum atomic E-state index is -4.67. The molecule has 20 heavy (non-hydrogen) atoms. The lowest BCUT2D eigenvalue weighted by molar-refractivity contribution is -0.137. The van der Waals surface area contributed by atoms with E-state index in [2.05, 4.69) is 12.6 Å². The van der Waals surface area contributed by atoms with Gasteiger partial charge >= 0.3 is 12.1 Å². The van der Waals surface area contributed by atoms with Crippen LogP contribution >= 0.6 is 12.6 Å². The van der Waals surface area contributed by atoms with Crippen molar-refractivity contribution in [3.8, 4) is 0 Å². The molecule has 0 saturated heterocycles. The maximum Gasteiger partial charge on any atom is 0.416 e. The van der Waals surface area contributed by atoms with Gasteiger partial charge < -0.3 is 15.3 Å². The average Bonchev–Trinajstić information content (AvgIpc) is 2.36. The van der Waals surface area contributed by atoms with Gasteiger partial charge in [-0.1, -0.05) is 0 Å². The van der Waals surface area contributed by atoms with E-state index in [0.717, 1.165) is 6.07 Å². The molecule has 0 amide bonds. The molecule has 1 aromatic rings. The van der Waals surface area contributed by atoms with Crippen LogP contribution in [0, 0.1) is 0 Å². The molecule has 0 aliphatic rings. The number of halogens is 3. The molecule has 1 aromatic carbocycles. The number of benzene rings is 1. The molecule has 0 fully saturated rings. The van der Waals surface area contributed by atoms with Crippen molar-refractivity contribution >= 4 is 18.6 Å². The lowest BCUT2D eigenvalue weighted by Gasteiger charge is -2.20. The van der Waals surface area contributed by atoms with E-state index in [1.54, 1.807) is 0 Å². The van der Waals surface area contributed by atoms with Crippen molar-refractivity contribution in [1.82, 2.24) is 0 Å². The highest BCUT2D eigenvalue weighted by Gasteiger charge is 2.33. The van der Waals surface area contributed by atoms with E-state index in [0.29, 0.717) is 12.1 Å². The minimum Gasteiger partial charge on any atom is -0.478 e. The third-order valence-corrected chi connectivity index (χ3v) is 2.98. The molecule has 0 saturated carbocycles. The van der Waals surface area contributed by atoms with Crippen molar-refractivity contribution in [3.05, 3.63) is 34.9 Å². The molecule has 0 aliphatic heterocycles. The van der Waals surface area contributed by atoms with Gasteiger partial charge in [0.2, 0.25) is 0 Å². The summed E-state index contributed by atoms with van der Waals surface area (Å²) in [5.74, 6) is -1.29. The van der Waals surface area contributed by atoms with Gasteiger partial charge in [0.1, 0.15) is 6.10 Å². The summed E-state index contributed by atoms with van der Waals surface area (Å²) in [7, 11) is 0. The molecule has 0 heterocycles. The Morgan fingerprint density at radius 1 is 1.30 bits per heavy atom. The van der Waals surface area contributed by atoms with Crippen molar-refractivity contribution in [2.45, 2.75) is 24.8 Å². The molecule has 0 spiro atoms. The maximum atomic E-state index is 12.6. The molecule has 2 atom stereocenters. The number of thiol groups is 1. The molecule has 0 aliphatic carbocycles. The van der Waals surface area contributed by atoms with Crippen LogP contribution in [0.15, 0.2) is 18.2 Å². The standard InChI is InChI=1S/C12H13F3O4S/c13-12(14,15)6-1-2-7(11(18)19)8(5-6)10(17)9(16)3-4-20/h1-2,5,9-10,16-17,20H,3-4H2,(H,18,19). The normalized spacial score (nSPS) is 14.9. The van der Waals surface area contributed by atoms with Crippen LogP contribution in [0.4, 0.5) is 13.2 Å². The summed E-state index contributed by atoms with van der Waals surface area (Å²) in [6, 6.07) is 1.91.